The molecule has 2 nitrogen and oxygen atoms in total. The Labute approximate surface area is 96.0 Å². The molecule has 1 aromatic rings. The third-order valence-electron chi connectivity index (χ3n) is 1.41. The zero-order chi connectivity index (χ0) is 10.1. The summed E-state index contributed by atoms with van der Waals surface area (Å²) in [7, 11) is 0. The van der Waals surface area contributed by atoms with E-state index in [9.17, 15) is 4.79 Å². The van der Waals surface area contributed by atoms with E-state index in [1.54, 1.807) is 6.92 Å². The fraction of sp³-hybridized carbons (Fsp3) is 0.364. The molecule has 14 heavy (non-hydrogen) atoms. The highest BCUT2D eigenvalue weighted by atomic mass is 79.9. The third kappa shape index (κ3) is 9.26. The number of aryl methyl sites for hydroxylation is 2. The summed E-state index contributed by atoms with van der Waals surface area (Å²) < 4.78 is 4.15. The van der Waals surface area contributed by atoms with Crippen LogP contribution in [0.4, 0.5) is 0 Å². The maximum absolute atomic E-state index is 9.18. The summed E-state index contributed by atoms with van der Waals surface area (Å²) in [5, 5.41) is 0. The summed E-state index contributed by atoms with van der Waals surface area (Å²) >= 11 is 0. The summed E-state index contributed by atoms with van der Waals surface area (Å²) in [6, 6.07) is 8.45. The van der Waals surface area contributed by atoms with E-state index in [-0.39, 0.29) is 17.0 Å². The van der Waals surface area contributed by atoms with Crippen molar-refractivity contribution in [3.8, 4) is 0 Å². The number of carbonyl (C=O) groups excluding carboxylic acids is 1. The van der Waals surface area contributed by atoms with Gasteiger partial charge in [0.25, 0.3) is 6.47 Å². The molecule has 3 heteroatoms. The lowest BCUT2D eigenvalue weighted by atomic mass is 10.2. The van der Waals surface area contributed by atoms with Crippen LogP contribution in [0.2, 0.25) is 0 Å². The third-order valence-corrected chi connectivity index (χ3v) is 1.41. The van der Waals surface area contributed by atoms with Crippen molar-refractivity contribution in [3.63, 3.8) is 0 Å². The van der Waals surface area contributed by atoms with E-state index in [1.807, 2.05) is 0 Å². The molecule has 0 saturated heterocycles. The molecule has 0 bridgehead atoms. The topological polar surface area (TPSA) is 26.3 Å². The van der Waals surface area contributed by atoms with Gasteiger partial charge in [0.05, 0.1) is 6.61 Å². The van der Waals surface area contributed by atoms with Crippen LogP contribution in [0.15, 0.2) is 24.3 Å². The van der Waals surface area contributed by atoms with Crippen LogP contribution < -0.4 is 0 Å². The zero-order valence-corrected chi connectivity index (χ0v) is 10.5. The Bertz CT molecular complexity index is 232. The van der Waals surface area contributed by atoms with Gasteiger partial charge in [-0.15, -0.1) is 17.0 Å². The molecule has 0 aromatic heterocycles. The number of ether oxygens (including phenoxy) is 1. The molecule has 0 aliphatic heterocycles. The van der Waals surface area contributed by atoms with Crippen LogP contribution in [0.1, 0.15) is 18.1 Å². The number of rotatable bonds is 2. The van der Waals surface area contributed by atoms with E-state index >= 15 is 0 Å². The second-order valence-corrected chi connectivity index (χ2v) is 2.71. The second kappa shape index (κ2) is 10.3. The molecule has 0 atom stereocenters. The Kier molecular flexibility index (Phi) is 11.4. The molecule has 0 heterocycles. The molecule has 0 fully saturated rings. The van der Waals surface area contributed by atoms with Crippen LogP contribution in [-0.4, -0.2) is 13.1 Å². The van der Waals surface area contributed by atoms with Gasteiger partial charge >= 0.3 is 0 Å². The van der Waals surface area contributed by atoms with Crippen molar-refractivity contribution in [1.29, 1.82) is 0 Å². The molecule has 0 N–H and O–H groups in total. The summed E-state index contributed by atoms with van der Waals surface area (Å²) in [5.74, 6) is 0. The predicted octanol–water partition coefficient (Wildman–Crippen LogP) is 3.06. The molecule has 0 unspecified atom stereocenters. The monoisotopic (exact) mass is 260 g/mol. The van der Waals surface area contributed by atoms with Crippen LogP contribution in [0.3, 0.4) is 0 Å². The van der Waals surface area contributed by atoms with Crippen LogP contribution in [0, 0.1) is 13.8 Å². The highest BCUT2D eigenvalue weighted by Crippen LogP contribution is 2.00. The first kappa shape index (κ1) is 15.6. The minimum Gasteiger partial charge on any atom is -0.468 e. The quantitative estimate of drug-likeness (QED) is 0.765. The molecule has 80 valence electrons. The zero-order valence-electron chi connectivity index (χ0n) is 8.82. The van der Waals surface area contributed by atoms with Gasteiger partial charge in [-0.2, -0.15) is 0 Å². The van der Waals surface area contributed by atoms with Crippen molar-refractivity contribution in [1.82, 2.24) is 0 Å². The second-order valence-electron chi connectivity index (χ2n) is 2.71. The van der Waals surface area contributed by atoms with Crippen LogP contribution in [0.5, 0.6) is 0 Å². The summed E-state index contributed by atoms with van der Waals surface area (Å²) in [6.07, 6.45) is 0. The van der Waals surface area contributed by atoms with Crippen molar-refractivity contribution >= 4 is 23.5 Å². The fourth-order valence-corrected chi connectivity index (χ4v) is 0.875. The van der Waals surface area contributed by atoms with Crippen molar-refractivity contribution < 1.29 is 9.53 Å². The van der Waals surface area contributed by atoms with Gasteiger partial charge in [-0.1, -0.05) is 35.4 Å². The van der Waals surface area contributed by atoms with E-state index in [0.717, 1.165) is 0 Å². The lowest BCUT2D eigenvalue weighted by Gasteiger charge is -1.90. The highest BCUT2D eigenvalue weighted by molar-refractivity contribution is 8.93. The number of carbonyl (C=O) groups is 1. The predicted molar refractivity (Wildman–Crippen MR) is 63.9 cm³/mol. The molecule has 1 aromatic carbocycles. The Morgan fingerprint density at radius 3 is 1.93 bits per heavy atom. The maximum Gasteiger partial charge on any atom is 0.293 e. The number of halogens is 1. The summed E-state index contributed by atoms with van der Waals surface area (Å²) in [4.78, 5) is 9.18. The largest absolute Gasteiger partial charge is 0.468 e. The van der Waals surface area contributed by atoms with E-state index in [4.69, 9.17) is 0 Å². The molecule has 0 aliphatic carbocycles. The molecular weight excluding hydrogens is 244 g/mol. The van der Waals surface area contributed by atoms with Gasteiger partial charge in [-0.25, -0.2) is 0 Å². The summed E-state index contributed by atoms with van der Waals surface area (Å²) in [5.41, 5.74) is 2.68. The minimum absolute atomic E-state index is 0. The minimum atomic E-state index is 0. The number of benzene rings is 1. The first-order chi connectivity index (χ1) is 6.20. The van der Waals surface area contributed by atoms with Crippen LogP contribution in [-0.2, 0) is 9.53 Å². The lowest BCUT2D eigenvalue weighted by Crippen LogP contribution is -1.80. The molecule has 0 spiro atoms. The van der Waals surface area contributed by atoms with Gasteiger partial charge < -0.3 is 4.74 Å². The van der Waals surface area contributed by atoms with E-state index in [0.29, 0.717) is 13.1 Å². The van der Waals surface area contributed by atoms with Gasteiger partial charge in [-0.3, -0.25) is 4.79 Å². The Hall–Kier alpha value is -0.830. The van der Waals surface area contributed by atoms with E-state index in [1.165, 1.54) is 11.1 Å². The SMILES string of the molecule is Br.CCOC=O.Cc1cccc(C)c1. The number of hydrogen-bond donors (Lipinski definition) is 0. The van der Waals surface area contributed by atoms with E-state index in [2.05, 4.69) is 42.8 Å². The smallest absolute Gasteiger partial charge is 0.293 e. The van der Waals surface area contributed by atoms with E-state index < -0.39 is 0 Å². The highest BCUT2D eigenvalue weighted by Gasteiger charge is 1.80. The van der Waals surface area contributed by atoms with Crippen molar-refractivity contribution in [2.45, 2.75) is 20.8 Å². The molecule has 0 saturated carbocycles. The van der Waals surface area contributed by atoms with Gasteiger partial charge in [0.1, 0.15) is 0 Å². The Morgan fingerprint density at radius 1 is 1.29 bits per heavy atom. The van der Waals surface area contributed by atoms with Gasteiger partial charge in [0.2, 0.25) is 0 Å². The Morgan fingerprint density at radius 2 is 1.79 bits per heavy atom. The molecular formula is C11H17BrO2. The van der Waals surface area contributed by atoms with Crippen LogP contribution >= 0.6 is 17.0 Å². The normalized spacial score (nSPS) is 7.64. The fourth-order valence-electron chi connectivity index (χ4n) is 0.875. The lowest BCUT2D eigenvalue weighted by molar-refractivity contribution is -0.128. The van der Waals surface area contributed by atoms with Gasteiger partial charge in [0.15, 0.2) is 0 Å². The Balaban J connectivity index is 0. The average molecular weight is 261 g/mol. The average Bonchev–Trinajstić information content (AvgIpc) is 2.06. The standard InChI is InChI=1S/C8H10.C3H6O2.BrH/c1-7-4-3-5-8(2)6-7;1-2-5-3-4;/h3-6H,1-2H3;3H,2H2,1H3;1H. The van der Waals surface area contributed by atoms with Gasteiger partial charge in [0, 0.05) is 0 Å². The van der Waals surface area contributed by atoms with Crippen LogP contribution in [0.25, 0.3) is 0 Å². The molecule has 0 radical (unpaired) electrons. The van der Waals surface area contributed by atoms with Crippen molar-refractivity contribution in [2.75, 3.05) is 6.61 Å². The van der Waals surface area contributed by atoms with Gasteiger partial charge in [-0.05, 0) is 20.8 Å². The maximum atomic E-state index is 9.18. The number of hydrogen-bond acceptors (Lipinski definition) is 2. The molecule has 1 rings (SSSR count). The van der Waals surface area contributed by atoms with Crippen molar-refractivity contribution in [3.05, 3.63) is 35.4 Å². The molecule has 0 amide bonds. The van der Waals surface area contributed by atoms with Crippen molar-refractivity contribution in [2.24, 2.45) is 0 Å². The summed E-state index contributed by atoms with van der Waals surface area (Å²) in [6.45, 7) is 6.87. The molecule has 0 aliphatic rings. The first-order valence-electron chi connectivity index (χ1n) is 4.29. The first-order valence-corrected chi connectivity index (χ1v) is 4.29.